The van der Waals surface area contributed by atoms with Crippen LogP contribution in [0.25, 0.3) is 11.1 Å². The van der Waals surface area contributed by atoms with Gasteiger partial charge in [-0.3, -0.25) is 20.1 Å². The molecule has 0 saturated carbocycles. The van der Waals surface area contributed by atoms with Crippen molar-refractivity contribution >= 4 is 34.1 Å². The minimum Gasteiger partial charge on any atom is -0.506 e. The largest absolute Gasteiger partial charge is 0.506 e. The standard InChI is InChI=1S/C56H60N2O8/c1-13-57-45-25-44-46(26-43(45)55(9,10)47(57)23-37-49(59)35(50(37)60)21-39-29(3)33-17-15-31(27-65-63)19-41(33)53(39,5)6)58(14-2)48(56(44,11)12)24-38-51(61)36(52(38)62)22-40-30(4)34-18-16-32(28-66-64)20-42(34)54(40,7)8/h15-26,59,61,63-64H,13-14,27-28H2,1-12H3. The summed E-state index contributed by atoms with van der Waals surface area (Å²) in [6.07, 6.45) is 7.41. The number of benzene rings is 3. The summed E-state index contributed by atoms with van der Waals surface area (Å²) in [5, 5.41) is 41.3. The van der Waals surface area contributed by atoms with E-state index in [1.165, 1.54) is 0 Å². The van der Waals surface area contributed by atoms with Crippen LogP contribution >= 0.6 is 0 Å². The molecule has 0 fully saturated rings. The zero-order valence-corrected chi connectivity index (χ0v) is 40.1. The lowest BCUT2D eigenvalue weighted by Crippen LogP contribution is -2.30. The minimum atomic E-state index is -0.535. The van der Waals surface area contributed by atoms with Crippen molar-refractivity contribution in [3.63, 3.8) is 0 Å². The predicted octanol–water partition coefficient (Wildman–Crippen LogP) is 11.8. The normalized spacial score (nSPS) is 23.2. The summed E-state index contributed by atoms with van der Waals surface area (Å²) in [5.74, 6) is -0.428. The van der Waals surface area contributed by atoms with Gasteiger partial charge in [0.2, 0.25) is 11.6 Å². The van der Waals surface area contributed by atoms with Gasteiger partial charge in [-0.2, -0.15) is 0 Å². The summed E-state index contributed by atoms with van der Waals surface area (Å²) in [5.41, 5.74) is 15.3. The van der Waals surface area contributed by atoms with Gasteiger partial charge < -0.3 is 20.0 Å². The van der Waals surface area contributed by atoms with Crippen LogP contribution in [0.4, 0.5) is 11.4 Å². The number of Topliss-reactive ketones (excluding diaryl/α,β-unsaturated/α-hetero) is 2. The van der Waals surface area contributed by atoms with Crippen molar-refractivity contribution in [2.75, 3.05) is 22.9 Å². The Hall–Kier alpha value is -6.04. The Balaban J connectivity index is 1.03. The van der Waals surface area contributed by atoms with Crippen molar-refractivity contribution < 1.29 is 40.1 Å². The van der Waals surface area contributed by atoms with E-state index in [4.69, 9.17) is 10.5 Å². The summed E-state index contributed by atoms with van der Waals surface area (Å²) in [7, 11) is 0. The Morgan fingerprint density at radius 3 is 1.21 bits per heavy atom. The third-order valence-electron chi connectivity index (χ3n) is 15.6. The van der Waals surface area contributed by atoms with Gasteiger partial charge in [-0.25, -0.2) is 9.78 Å². The lowest BCUT2D eigenvalue weighted by atomic mass is 9.76. The summed E-state index contributed by atoms with van der Waals surface area (Å²) in [6.45, 7) is 26.7. The molecule has 0 atom stereocenters. The first-order chi connectivity index (χ1) is 31.1. The molecule has 9 rings (SSSR count). The fraction of sp³-hybridized carbons (Fsp3) is 0.357. The molecular weight excluding hydrogens is 829 g/mol. The van der Waals surface area contributed by atoms with Gasteiger partial charge in [-0.1, -0.05) is 91.8 Å². The zero-order chi connectivity index (χ0) is 47.7. The van der Waals surface area contributed by atoms with Gasteiger partial charge in [0.25, 0.3) is 0 Å². The topological polar surface area (TPSA) is 140 Å². The Morgan fingerprint density at radius 1 is 0.530 bits per heavy atom. The van der Waals surface area contributed by atoms with E-state index < -0.39 is 21.7 Å². The summed E-state index contributed by atoms with van der Waals surface area (Å²) in [6, 6.07) is 16.4. The maximum absolute atomic E-state index is 14.0. The molecule has 0 amide bonds. The van der Waals surface area contributed by atoms with Crippen molar-refractivity contribution in [2.24, 2.45) is 0 Å². The van der Waals surface area contributed by atoms with Gasteiger partial charge in [0.1, 0.15) is 24.7 Å². The fourth-order valence-electron chi connectivity index (χ4n) is 11.7. The molecule has 3 aromatic rings. The lowest BCUT2D eigenvalue weighted by Gasteiger charge is -2.30. The highest BCUT2D eigenvalue weighted by molar-refractivity contribution is 6.22. The first-order valence-corrected chi connectivity index (χ1v) is 22.9. The maximum Gasteiger partial charge on any atom is 0.200 e. The summed E-state index contributed by atoms with van der Waals surface area (Å²) < 4.78 is 0. The van der Waals surface area contributed by atoms with Crippen molar-refractivity contribution in [2.45, 2.75) is 118 Å². The van der Waals surface area contributed by atoms with E-state index in [0.29, 0.717) is 35.4 Å². The highest BCUT2D eigenvalue weighted by atomic mass is 17.1. The van der Waals surface area contributed by atoms with Gasteiger partial charge in [0.15, 0.2) is 0 Å². The monoisotopic (exact) mass is 888 g/mol. The predicted molar refractivity (Wildman–Crippen MR) is 259 cm³/mol. The van der Waals surface area contributed by atoms with E-state index >= 15 is 0 Å². The van der Waals surface area contributed by atoms with Gasteiger partial charge in [-0.05, 0) is 131 Å². The number of nitrogens with zero attached hydrogens (tertiary/aromatic N) is 2. The number of anilines is 2. The molecule has 0 radical (unpaired) electrons. The smallest absolute Gasteiger partial charge is 0.200 e. The van der Waals surface area contributed by atoms with Crippen LogP contribution in [0.3, 0.4) is 0 Å². The Labute approximate surface area is 387 Å². The molecule has 0 aromatic heterocycles. The van der Waals surface area contributed by atoms with E-state index in [-0.39, 0.29) is 36.3 Å². The number of allylic oxidation sites excluding steroid dienone is 14. The number of fused-ring (bicyclic) bond motifs is 4. The average molecular weight is 889 g/mol. The van der Waals surface area contributed by atoms with Crippen molar-refractivity contribution in [1.82, 2.24) is 0 Å². The molecule has 4 aliphatic carbocycles. The summed E-state index contributed by atoms with van der Waals surface area (Å²) in [4.78, 5) is 41.3. The Kier molecular flexibility index (Phi) is 10.4. The van der Waals surface area contributed by atoms with Crippen LogP contribution in [0.15, 0.2) is 129 Å². The van der Waals surface area contributed by atoms with E-state index in [2.05, 4.69) is 101 Å². The molecule has 4 N–H and O–H groups in total. The zero-order valence-electron chi connectivity index (χ0n) is 40.1. The number of rotatable bonds is 10. The number of likely N-dealkylation sites (N-methyl/N-ethyl adjacent to an activating group) is 2. The molecule has 10 heteroatoms. The molecule has 66 heavy (non-hydrogen) atoms. The Morgan fingerprint density at radius 2 is 0.894 bits per heavy atom. The van der Waals surface area contributed by atoms with Crippen LogP contribution in [0.2, 0.25) is 0 Å². The van der Waals surface area contributed by atoms with E-state index in [1.807, 2.05) is 74.5 Å². The van der Waals surface area contributed by atoms with Crippen LogP contribution in [0.5, 0.6) is 0 Å². The average Bonchev–Trinajstić information content (AvgIpc) is 3.78. The minimum absolute atomic E-state index is 0.0133. The first kappa shape index (κ1) is 45.1. The summed E-state index contributed by atoms with van der Waals surface area (Å²) >= 11 is 0. The number of carbonyl (C=O) groups excluding carboxylic acids is 2. The van der Waals surface area contributed by atoms with Crippen molar-refractivity contribution in [3.8, 4) is 0 Å². The van der Waals surface area contributed by atoms with Crippen LogP contribution in [-0.2, 0) is 54.2 Å². The molecule has 0 saturated heterocycles. The van der Waals surface area contributed by atoms with Crippen LogP contribution < -0.4 is 9.80 Å². The molecule has 342 valence electrons. The third-order valence-corrected chi connectivity index (χ3v) is 15.6. The SMILES string of the molecule is CCN1C(=CC2=C(O)C(=CC3=C(C)c4ccc(COO)cc4C3(C)C)C2=O)C(C)(C)c2cc3c(cc21)C(C)(C)C(=CC1=C(O)C(=CC2=C(C)c4ccc(COO)cc4C2(C)C)C1=O)N3CC. The fourth-order valence-corrected chi connectivity index (χ4v) is 11.7. The number of aliphatic hydroxyl groups excluding tert-OH is 2. The molecule has 0 spiro atoms. The molecule has 10 nitrogen and oxygen atoms in total. The molecule has 0 unspecified atom stereocenters. The number of carbonyl (C=O) groups is 2. The second kappa shape index (κ2) is 15.3. The van der Waals surface area contributed by atoms with Gasteiger partial charge in [0, 0.05) is 57.5 Å². The van der Waals surface area contributed by atoms with Crippen molar-refractivity contribution in [3.05, 3.63) is 174 Å². The first-order valence-electron chi connectivity index (χ1n) is 22.9. The quantitative estimate of drug-likeness (QED) is 0.0883. The van der Waals surface area contributed by atoms with Gasteiger partial charge in [0.05, 0.1) is 22.3 Å². The third kappa shape index (κ3) is 6.21. The second-order valence-corrected chi connectivity index (χ2v) is 20.6. The van der Waals surface area contributed by atoms with Crippen molar-refractivity contribution in [1.29, 1.82) is 0 Å². The Bertz CT molecular complexity index is 2790. The van der Waals surface area contributed by atoms with Crippen LogP contribution in [0, 0.1) is 0 Å². The highest BCUT2D eigenvalue weighted by Gasteiger charge is 2.48. The number of hydrogen-bond donors (Lipinski definition) is 4. The van der Waals surface area contributed by atoms with E-state index in [1.54, 1.807) is 0 Å². The molecular formula is C56H60N2O8. The lowest BCUT2D eigenvalue weighted by molar-refractivity contribution is -0.253. The van der Waals surface area contributed by atoms with Gasteiger partial charge in [-0.15, -0.1) is 0 Å². The maximum atomic E-state index is 14.0. The van der Waals surface area contributed by atoms with Gasteiger partial charge >= 0.3 is 0 Å². The molecule has 6 aliphatic rings. The number of hydrogen-bond acceptors (Lipinski definition) is 10. The van der Waals surface area contributed by atoms with E-state index in [0.717, 1.165) is 89.6 Å². The second-order valence-electron chi connectivity index (χ2n) is 20.6. The number of ketones is 2. The molecule has 2 aliphatic heterocycles. The van der Waals surface area contributed by atoms with Crippen LogP contribution in [-0.4, -0.2) is 45.4 Å². The highest BCUT2D eigenvalue weighted by Crippen LogP contribution is 2.57. The molecule has 3 aromatic carbocycles. The number of aliphatic hydroxyl groups is 2. The molecule has 2 heterocycles. The van der Waals surface area contributed by atoms with Crippen LogP contribution in [0.1, 0.15) is 128 Å². The molecule has 0 bridgehead atoms. The van der Waals surface area contributed by atoms with E-state index in [9.17, 15) is 19.8 Å².